The number of rotatable bonds is 4. The van der Waals surface area contributed by atoms with Crippen LogP contribution in [0.25, 0.3) is 0 Å². The summed E-state index contributed by atoms with van der Waals surface area (Å²) in [4.78, 5) is 10.0. The van der Waals surface area contributed by atoms with Crippen molar-refractivity contribution in [3.8, 4) is 0 Å². The van der Waals surface area contributed by atoms with E-state index in [-0.39, 0.29) is 16.3 Å². The summed E-state index contributed by atoms with van der Waals surface area (Å²) in [6.45, 7) is 0.686. The van der Waals surface area contributed by atoms with E-state index in [1.807, 2.05) is 0 Å². The predicted octanol–water partition coefficient (Wildman–Crippen LogP) is 3.01. The lowest BCUT2D eigenvalue weighted by molar-refractivity contribution is -0.389. The minimum Gasteiger partial charge on any atom is -0.358 e. The average molecular weight is 309 g/mol. The Kier molecular flexibility index (Phi) is 3.21. The van der Waals surface area contributed by atoms with Crippen molar-refractivity contribution < 1.29 is 4.92 Å². The maximum absolute atomic E-state index is 10.6. The van der Waals surface area contributed by atoms with Gasteiger partial charge < -0.3 is 10.1 Å². The number of hydrogen-bond acceptors (Lipinski definition) is 3. The smallest absolute Gasteiger partial charge is 0.358 e. The number of aromatic nitrogens is 2. The van der Waals surface area contributed by atoms with E-state index in [4.69, 9.17) is 11.6 Å². The molecule has 1 aromatic rings. The Hall–Kier alpha value is -0.620. The van der Waals surface area contributed by atoms with Crippen LogP contribution in [0.15, 0.2) is 6.20 Å². The van der Waals surface area contributed by atoms with Crippen LogP contribution in [-0.4, -0.2) is 20.0 Å². The van der Waals surface area contributed by atoms with E-state index >= 15 is 0 Å². The quantitative estimate of drug-likeness (QED) is 0.488. The zero-order chi connectivity index (χ0) is 11.8. The van der Waals surface area contributed by atoms with Crippen molar-refractivity contribution in [2.45, 2.75) is 25.8 Å². The van der Waals surface area contributed by atoms with Gasteiger partial charge in [0.1, 0.15) is 0 Å². The van der Waals surface area contributed by atoms with Gasteiger partial charge in [0.25, 0.3) is 0 Å². The molecule has 1 fully saturated rings. The van der Waals surface area contributed by atoms with Crippen LogP contribution in [0.5, 0.6) is 0 Å². The second-order valence-corrected chi connectivity index (χ2v) is 5.21. The third kappa shape index (κ3) is 2.08. The van der Waals surface area contributed by atoms with Crippen LogP contribution in [0, 0.1) is 15.5 Å². The highest BCUT2D eigenvalue weighted by molar-refractivity contribution is 9.09. The van der Waals surface area contributed by atoms with E-state index in [1.54, 1.807) is 4.68 Å². The molecule has 1 aromatic heterocycles. The molecule has 0 atom stereocenters. The van der Waals surface area contributed by atoms with E-state index < -0.39 is 4.92 Å². The number of hydrogen-bond donors (Lipinski definition) is 0. The molecule has 7 heteroatoms. The molecule has 0 bridgehead atoms. The molecule has 16 heavy (non-hydrogen) atoms. The monoisotopic (exact) mass is 307 g/mol. The molecule has 1 aliphatic carbocycles. The normalized spacial score (nSPS) is 18.1. The lowest BCUT2D eigenvalue weighted by Gasteiger charge is -2.39. The first-order valence-electron chi connectivity index (χ1n) is 5.00. The van der Waals surface area contributed by atoms with Gasteiger partial charge in [0.15, 0.2) is 5.02 Å². The Balaban J connectivity index is 2.16. The highest BCUT2D eigenvalue weighted by Gasteiger charge is 2.38. The molecular formula is C9H11BrClN3O2. The van der Waals surface area contributed by atoms with E-state index in [9.17, 15) is 10.1 Å². The molecule has 0 N–H and O–H groups in total. The van der Waals surface area contributed by atoms with Crippen molar-refractivity contribution in [3.63, 3.8) is 0 Å². The summed E-state index contributed by atoms with van der Waals surface area (Å²) in [6, 6.07) is 0. The van der Waals surface area contributed by atoms with Crippen LogP contribution in [-0.2, 0) is 6.54 Å². The fraction of sp³-hybridized carbons (Fsp3) is 0.667. The van der Waals surface area contributed by atoms with Crippen molar-refractivity contribution >= 4 is 33.3 Å². The summed E-state index contributed by atoms with van der Waals surface area (Å²) in [5.74, 6) is -0.259. The zero-order valence-corrected chi connectivity index (χ0v) is 10.9. The fourth-order valence-electron chi connectivity index (χ4n) is 1.95. The van der Waals surface area contributed by atoms with Crippen LogP contribution in [0.2, 0.25) is 5.02 Å². The third-order valence-corrected chi connectivity index (χ3v) is 4.52. The molecule has 88 valence electrons. The molecule has 0 spiro atoms. The van der Waals surface area contributed by atoms with Gasteiger partial charge in [-0.25, -0.2) is 0 Å². The third-order valence-electron chi connectivity index (χ3n) is 3.07. The van der Waals surface area contributed by atoms with Gasteiger partial charge in [0.05, 0.1) is 17.8 Å². The molecule has 0 unspecified atom stereocenters. The Labute approximate surface area is 106 Å². The highest BCUT2D eigenvalue weighted by atomic mass is 79.9. The predicted molar refractivity (Wildman–Crippen MR) is 64.0 cm³/mol. The second-order valence-electron chi connectivity index (χ2n) is 4.24. The molecule has 1 saturated carbocycles. The molecule has 0 saturated heterocycles. The summed E-state index contributed by atoms with van der Waals surface area (Å²) in [5.41, 5.74) is 0.198. The van der Waals surface area contributed by atoms with Crippen LogP contribution >= 0.6 is 27.5 Å². The summed E-state index contributed by atoms with van der Waals surface area (Å²) in [5, 5.41) is 15.5. The summed E-state index contributed by atoms with van der Waals surface area (Å²) in [6.07, 6.45) is 5.00. The zero-order valence-electron chi connectivity index (χ0n) is 8.53. The SMILES string of the molecule is O=[N+]([O-])c1nn(CC2(CBr)CCC2)cc1Cl. The first-order valence-corrected chi connectivity index (χ1v) is 6.50. The van der Waals surface area contributed by atoms with E-state index in [0.717, 1.165) is 18.2 Å². The first-order chi connectivity index (χ1) is 7.56. The van der Waals surface area contributed by atoms with Gasteiger partial charge in [-0.3, -0.25) is 0 Å². The van der Waals surface area contributed by atoms with Crippen LogP contribution in [0.4, 0.5) is 5.82 Å². The standard InChI is InChI=1S/C9H11BrClN3O2/c10-5-9(2-1-3-9)6-13-4-7(11)8(12-13)14(15)16/h4H,1-3,5-6H2. The van der Waals surface area contributed by atoms with Crippen molar-refractivity contribution in [2.24, 2.45) is 5.41 Å². The topological polar surface area (TPSA) is 61.0 Å². The Morgan fingerprint density at radius 3 is 2.75 bits per heavy atom. The Morgan fingerprint density at radius 1 is 1.69 bits per heavy atom. The molecule has 0 aromatic carbocycles. The Bertz CT molecular complexity index is 411. The van der Waals surface area contributed by atoms with Crippen molar-refractivity contribution in [2.75, 3.05) is 5.33 Å². The van der Waals surface area contributed by atoms with Crippen LogP contribution in [0.3, 0.4) is 0 Å². The molecule has 5 nitrogen and oxygen atoms in total. The maximum Gasteiger partial charge on any atom is 0.408 e. The van der Waals surface area contributed by atoms with Crippen molar-refractivity contribution in [3.05, 3.63) is 21.3 Å². The Morgan fingerprint density at radius 2 is 2.38 bits per heavy atom. The molecule has 0 amide bonds. The second kappa shape index (κ2) is 4.33. The van der Waals surface area contributed by atoms with Gasteiger partial charge in [-0.2, -0.15) is 4.68 Å². The average Bonchev–Trinajstić information content (AvgIpc) is 2.53. The van der Waals surface area contributed by atoms with Crippen molar-refractivity contribution in [1.82, 2.24) is 9.78 Å². The van der Waals surface area contributed by atoms with E-state index in [0.29, 0.717) is 6.54 Å². The fourth-order valence-corrected chi connectivity index (χ4v) is 2.90. The van der Waals surface area contributed by atoms with Crippen LogP contribution < -0.4 is 0 Å². The summed E-state index contributed by atoms with van der Waals surface area (Å²) >= 11 is 9.22. The molecule has 0 radical (unpaired) electrons. The summed E-state index contributed by atoms with van der Waals surface area (Å²) < 4.78 is 1.58. The van der Waals surface area contributed by atoms with E-state index in [2.05, 4.69) is 21.0 Å². The maximum atomic E-state index is 10.6. The minimum atomic E-state index is -0.555. The number of nitro groups is 1. The molecule has 0 aliphatic heterocycles. The molecule has 2 rings (SSSR count). The first kappa shape index (κ1) is 11.9. The van der Waals surface area contributed by atoms with Crippen molar-refractivity contribution in [1.29, 1.82) is 0 Å². The van der Waals surface area contributed by atoms with Gasteiger partial charge in [-0.1, -0.05) is 34.0 Å². The van der Waals surface area contributed by atoms with Gasteiger partial charge in [0, 0.05) is 10.7 Å². The number of alkyl halides is 1. The van der Waals surface area contributed by atoms with Gasteiger partial charge >= 0.3 is 5.82 Å². The molecule has 1 aliphatic rings. The van der Waals surface area contributed by atoms with E-state index in [1.165, 1.54) is 12.6 Å². The van der Waals surface area contributed by atoms with Crippen LogP contribution in [0.1, 0.15) is 19.3 Å². The highest BCUT2D eigenvalue weighted by Crippen LogP contribution is 2.44. The lowest BCUT2D eigenvalue weighted by Crippen LogP contribution is -2.35. The van der Waals surface area contributed by atoms with Gasteiger partial charge in [-0.05, 0) is 17.8 Å². The minimum absolute atomic E-state index is 0.106. The van der Waals surface area contributed by atoms with Gasteiger partial charge in [0.2, 0.25) is 0 Å². The number of halogens is 2. The number of nitrogens with zero attached hydrogens (tertiary/aromatic N) is 3. The molecule has 1 heterocycles. The lowest BCUT2D eigenvalue weighted by atomic mass is 9.70. The molecular weight excluding hydrogens is 297 g/mol. The van der Waals surface area contributed by atoms with Gasteiger partial charge in [-0.15, -0.1) is 0 Å². The largest absolute Gasteiger partial charge is 0.408 e. The summed E-state index contributed by atoms with van der Waals surface area (Å²) in [7, 11) is 0.